The Bertz CT molecular complexity index is 932. The fraction of sp³-hybridized carbons (Fsp3) is 0.227. The van der Waals surface area contributed by atoms with Crippen LogP contribution in [0.4, 0.5) is 0 Å². The molecule has 3 aromatic rings. The largest absolute Gasteiger partial charge is 0.496 e. The predicted molar refractivity (Wildman–Crippen MR) is 102 cm³/mol. The lowest BCUT2D eigenvalue weighted by Crippen LogP contribution is -2.12. The second-order valence-electron chi connectivity index (χ2n) is 7.25. The van der Waals surface area contributed by atoms with Crippen molar-refractivity contribution in [1.29, 1.82) is 0 Å². The highest BCUT2D eigenvalue weighted by Crippen LogP contribution is 2.36. The van der Waals surface area contributed by atoms with Gasteiger partial charge in [-0.3, -0.25) is 0 Å². The number of hydrogen-bond donors (Lipinski definition) is 1. The maximum atomic E-state index is 11.0. The summed E-state index contributed by atoms with van der Waals surface area (Å²) in [7, 11) is 1.70. The summed E-state index contributed by atoms with van der Waals surface area (Å²) in [4.78, 5) is 11.0. The molecule has 0 saturated carbocycles. The zero-order chi connectivity index (χ0) is 18.2. The zero-order valence-electron chi connectivity index (χ0n) is 15.0. The molecule has 3 nitrogen and oxygen atoms in total. The van der Waals surface area contributed by atoms with Gasteiger partial charge >= 0.3 is 5.97 Å². The number of benzene rings is 3. The van der Waals surface area contributed by atoms with E-state index >= 15 is 0 Å². The van der Waals surface area contributed by atoms with Gasteiger partial charge in [-0.25, -0.2) is 4.79 Å². The molecule has 3 aromatic carbocycles. The fourth-order valence-corrected chi connectivity index (χ4v) is 3.02. The van der Waals surface area contributed by atoms with Gasteiger partial charge in [0.25, 0.3) is 0 Å². The van der Waals surface area contributed by atoms with Gasteiger partial charge in [-0.05, 0) is 57.6 Å². The van der Waals surface area contributed by atoms with Crippen molar-refractivity contribution in [2.45, 2.75) is 26.2 Å². The molecule has 0 aliphatic carbocycles. The van der Waals surface area contributed by atoms with E-state index in [1.54, 1.807) is 19.2 Å². The van der Waals surface area contributed by atoms with Gasteiger partial charge in [0.1, 0.15) is 5.75 Å². The van der Waals surface area contributed by atoms with Gasteiger partial charge in [-0.2, -0.15) is 0 Å². The Balaban J connectivity index is 2.11. The average Bonchev–Trinajstić information content (AvgIpc) is 2.59. The Kier molecular flexibility index (Phi) is 4.25. The second-order valence-corrected chi connectivity index (χ2v) is 7.25. The molecule has 3 rings (SSSR count). The minimum absolute atomic E-state index is 0.0152. The molecule has 25 heavy (non-hydrogen) atoms. The fourth-order valence-electron chi connectivity index (χ4n) is 3.02. The summed E-state index contributed by atoms with van der Waals surface area (Å²) in [5.74, 6) is -0.00876. The SMILES string of the molecule is COc1cc2ccc(-c3ccc(C(=O)O)cc3)cc2cc1C(C)(C)C. The summed E-state index contributed by atoms with van der Waals surface area (Å²) in [5.41, 5.74) is 3.51. The summed E-state index contributed by atoms with van der Waals surface area (Å²) < 4.78 is 5.57. The molecule has 0 fully saturated rings. The Morgan fingerprint density at radius 2 is 1.52 bits per heavy atom. The molecule has 3 heteroatoms. The molecule has 1 N–H and O–H groups in total. The number of carboxylic acid groups (broad SMARTS) is 1. The van der Waals surface area contributed by atoms with Crippen LogP contribution in [0.3, 0.4) is 0 Å². The molecule has 0 spiro atoms. The van der Waals surface area contributed by atoms with Crippen LogP contribution in [0.5, 0.6) is 5.75 Å². The number of fused-ring (bicyclic) bond motifs is 1. The van der Waals surface area contributed by atoms with Crippen LogP contribution in [-0.4, -0.2) is 18.2 Å². The van der Waals surface area contributed by atoms with Crippen molar-refractivity contribution in [2.24, 2.45) is 0 Å². The van der Waals surface area contributed by atoms with E-state index < -0.39 is 5.97 Å². The van der Waals surface area contributed by atoms with Crippen LogP contribution in [0, 0.1) is 0 Å². The van der Waals surface area contributed by atoms with Crippen molar-refractivity contribution in [2.75, 3.05) is 7.11 Å². The van der Waals surface area contributed by atoms with Crippen molar-refractivity contribution >= 4 is 16.7 Å². The van der Waals surface area contributed by atoms with Gasteiger partial charge in [0.2, 0.25) is 0 Å². The molecule has 0 aromatic heterocycles. The van der Waals surface area contributed by atoms with E-state index in [1.165, 1.54) is 5.56 Å². The predicted octanol–water partition coefficient (Wildman–Crippen LogP) is 5.51. The molecular weight excluding hydrogens is 312 g/mol. The summed E-state index contributed by atoms with van der Waals surface area (Å²) >= 11 is 0. The summed E-state index contributed by atoms with van der Waals surface area (Å²) in [6.45, 7) is 6.52. The van der Waals surface area contributed by atoms with Crippen LogP contribution in [-0.2, 0) is 5.41 Å². The Morgan fingerprint density at radius 1 is 0.880 bits per heavy atom. The molecule has 0 bridgehead atoms. The molecule has 0 aliphatic rings. The molecule has 128 valence electrons. The third kappa shape index (κ3) is 3.36. The lowest BCUT2D eigenvalue weighted by atomic mass is 9.84. The van der Waals surface area contributed by atoms with Crippen molar-refractivity contribution < 1.29 is 14.6 Å². The molecular formula is C22H22O3. The summed E-state index contributed by atoms with van der Waals surface area (Å²) in [6, 6.07) is 17.5. The smallest absolute Gasteiger partial charge is 0.335 e. The number of aromatic carboxylic acids is 1. The first-order valence-electron chi connectivity index (χ1n) is 8.25. The van der Waals surface area contributed by atoms with Crippen LogP contribution in [0.25, 0.3) is 21.9 Å². The van der Waals surface area contributed by atoms with Crippen molar-refractivity contribution in [3.8, 4) is 16.9 Å². The van der Waals surface area contributed by atoms with Crippen LogP contribution in [0.15, 0.2) is 54.6 Å². The third-order valence-corrected chi connectivity index (χ3v) is 4.43. The summed E-state index contributed by atoms with van der Waals surface area (Å²) in [6.07, 6.45) is 0. The Labute approximate surface area is 147 Å². The highest BCUT2D eigenvalue weighted by atomic mass is 16.5. The monoisotopic (exact) mass is 334 g/mol. The number of ether oxygens (including phenoxy) is 1. The quantitative estimate of drug-likeness (QED) is 0.687. The lowest BCUT2D eigenvalue weighted by Gasteiger charge is -2.23. The number of carboxylic acids is 1. The molecule has 0 unspecified atom stereocenters. The van der Waals surface area contributed by atoms with E-state index in [1.807, 2.05) is 18.2 Å². The van der Waals surface area contributed by atoms with Crippen molar-refractivity contribution in [3.63, 3.8) is 0 Å². The number of rotatable bonds is 3. The van der Waals surface area contributed by atoms with Gasteiger partial charge < -0.3 is 9.84 Å². The second kappa shape index (κ2) is 6.25. The Morgan fingerprint density at radius 3 is 2.08 bits per heavy atom. The normalized spacial score (nSPS) is 11.5. The molecule has 0 saturated heterocycles. The van der Waals surface area contributed by atoms with E-state index in [9.17, 15) is 4.79 Å². The molecule has 0 heterocycles. The molecule has 0 amide bonds. The maximum absolute atomic E-state index is 11.0. The topological polar surface area (TPSA) is 46.5 Å². The minimum Gasteiger partial charge on any atom is -0.496 e. The Hall–Kier alpha value is -2.81. The van der Waals surface area contributed by atoms with Crippen LogP contribution < -0.4 is 4.74 Å². The van der Waals surface area contributed by atoms with Crippen molar-refractivity contribution in [3.05, 3.63) is 65.7 Å². The summed E-state index contributed by atoms with van der Waals surface area (Å²) in [5, 5.41) is 11.3. The minimum atomic E-state index is -0.910. The van der Waals surface area contributed by atoms with E-state index in [4.69, 9.17) is 9.84 Å². The lowest BCUT2D eigenvalue weighted by molar-refractivity contribution is 0.0697. The van der Waals surface area contributed by atoms with Gasteiger partial charge in [-0.1, -0.05) is 45.0 Å². The number of methoxy groups -OCH3 is 1. The average molecular weight is 334 g/mol. The van der Waals surface area contributed by atoms with E-state index in [0.29, 0.717) is 5.56 Å². The highest BCUT2D eigenvalue weighted by Gasteiger charge is 2.19. The van der Waals surface area contributed by atoms with Gasteiger partial charge in [0.05, 0.1) is 12.7 Å². The highest BCUT2D eigenvalue weighted by molar-refractivity contribution is 5.91. The van der Waals surface area contributed by atoms with Gasteiger partial charge in [0.15, 0.2) is 0 Å². The first-order valence-corrected chi connectivity index (χ1v) is 8.25. The number of hydrogen-bond acceptors (Lipinski definition) is 2. The standard InChI is InChI=1S/C22H22O3/c1-22(2,3)19-12-18-11-16(9-10-17(18)13-20(19)25-4)14-5-7-15(8-6-14)21(23)24/h5-13H,1-4H3,(H,23,24). The maximum Gasteiger partial charge on any atom is 0.335 e. The van der Waals surface area contributed by atoms with E-state index in [-0.39, 0.29) is 5.41 Å². The van der Waals surface area contributed by atoms with Crippen LogP contribution in [0.1, 0.15) is 36.7 Å². The first kappa shape index (κ1) is 17.0. The molecule has 0 radical (unpaired) electrons. The molecule has 0 aliphatic heterocycles. The zero-order valence-corrected chi connectivity index (χ0v) is 15.0. The number of carbonyl (C=O) groups is 1. The third-order valence-electron chi connectivity index (χ3n) is 4.43. The van der Waals surface area contributed by atoms with E-state index in [2.05, 4.69) is 45.0 Å². The van der Waals surface area contributed by atoms with Gasteiger partial charge in [0, 0.05) is 5.56 Å². The van der Waals surface area contributed by atoms with E-state index in [0.717, 1.165) is 27.6 Å². The van der Waals surface area contributed by atoms with Gasteiger partial charge in [-0.15, -0.1) is 0 Å². The van der Waals surface area contributed by atoms with Crippen molar-refractivity contribution in [1.82, 2.24) is 0 Å². The molecule has 0 atom stereocenters. The first-order chi connectivity index (χ1) is 11.8. The van der Waals surface area contributed by atoms with Crippen LogP contribution in [0.2, 0.25) is 0 Å². The van der Waals surface area contributed by atoms with Crippen LogP contribution >= 0.6 is 0 Å².